The van der Waals surface area contributed by atoms with Crippen molar-refractivity contribution in [2.75, 3.05) is 38.1 Å². The fraction of sp³-hybridized carbons (Fsp3) is 0.500. The summed E-state index contributed by atoms with van der Waals surface area (Å²) in [6, 6.07) is 13.5. The number of piperidine rings is 1. The molecule has 3 heterocycles. The number of benzene rings is 1. The SMILES string of the molecule is C[N+]1(Cc2ccc(CNCc3ccnc(N4CCCCC4)c3)cc2)CC1. The predicted octanol–water partition coefficient (Wildman–Crippen LogP) is 3.32. The van der Waals surface area contributed by atoms with Gasteiger partial charge in [0.25, 0.3) is 0 Å². The summed E-state index contributed by atoms with van der Waals surface area (Å²) in [5, 5.41) is 3.58. The molecular weight excluding hydrogens is 320 g/mol. The van der Waals surface area contributed by atoms with Crippen LogP contribution in [0.4, 0.5) is 5.82 Å². The number of quaternary nitrogens is 1. The molecule has 0 unspecified atom stereocenters. The first-order valence-corrected chi connectivity index (χ1v) is 10.0. The lowest BCUT2D eigenvalue weighted by Crippen LogP contribution is -2.30. The van der Waals surface area contributed by atoms with Crippen LogP contribution in [0.3, 0.4) is 0 Å². The van der Waals surface area contributed by atoms with Gasteiger partial charge in [0.05, 0.1) is 7.05 Å². The number of nitrogens with zero attached hydrogens (tertiary/aromatic N) is 3. The smallest absolute Gasteiger partial charge is 0.129 e. The van der Waals surface area contributed by atoms with Crippen LogP contribution in [0.2, 0.25) is 0 Å². The molecule has 1 N–H and O–H groups in total. The number of aromatic nitrogens is 1. The van der Waals surface area contributed by atoms with Gasteiger partial charge in [0.2, 0.25) is 0 Å². The molecule has 1 aromatic heterocycles. The first-order valence-electron chi connectivity index (χ1n) is 10.0. The molecule has 1 aromatic carbocycles. The molecule has 0 saturated carbocycles. The average Bonchev–Trinajstić information content (AvgIpc) is 3.41. The maximum atomic E-state index is 4.57. The highest BCUT2D eigenvalue weighted by molar-refractivity contribution is 5.41. The normalized spacial score (nSPS) is 18.7. The van der Waals surface area contributed by atoms with Crippen molar-refractivity contribution in [1.82, 2.24) is 10.3 Å². The number of hydrogen-bond donors (Lipinski definition) is 1. The molecule has 26 heavy (non-hydrogen) atoms. The molecule has 0 spiro atoms. The number of likely N-dealkylation sites (N-methyl/N-ethyl adjacent to an activating group) is 1. The van der Waals surface area contributed by atoms with Crippen molar-refractivity contribution in [1.29, 1.82) is 0 Å². The quantitative estimate of drug-likeness (QED) is 0.613. The van der Waals surface area contributed by atoms with Gasteiger partial charge in [-0.05, 0) is 42.5 Å². The summed E-state index contributed by atoms with van der Waals surface area (Å²) in [4.78, 5) is 6.99. The molecule has 2 aliphatic heterocycles. The van der Waals surface area contributed by atoms with Gasteiger partial charge in [-0.3, -0.25) is 0 Å². The van der Waals surface area contributed by atoms with E-state index in [2.05, 4.69) is 58.6 Å². The van der Waals surface area contributed by atoms with E-state index in [0.717, 1.165) is 32.0 Å². The summed E-state index contributed by atoms with van der Waals surface area (Å²) in [5.74, 6) is 1.14. The third-order valence-electron chi connectivity index (χ3n) is 5.72. The molecule has 2 aliphatic rings. The van der Waals surface area contributed by atoms with Crippen molar-refractivity contribution in [3.8, 4) is 0 Å². The fourth-order valence-corrected chi connectivity index (χ4v) is 3.75. The highest BCUT2D eigenvalue weighted by Gasteiger charge is 2.36. The van der Waals surface area contributed by atoms with Crippen molar-refractivity contribution in [3.05, 3.63) is 59.3 Å². The summed E-state index contributed by atoms with van der Waals surface area (Å²) in [7, 11) is 2.34. The van der Waals surface area contributed by atoms with Gasteiger partial charge in [0.15, 0.2) is 0 Å². The highest BCUT2D eigenvalue weighted by atomic mass is 15.4. The van der Waals surface area contributed by atoms with Crippen molar-refractivity contribution >= 4 is 5.82 Å². The lowest BCUT2D eigenvalue weighted by molar-refractivity contribution is -0.791. The molecule has 4 nitrogen and oxygen atoms in total. The van der Waals surface area contributed by atoms with Gasteiger partial charge in [0.1, 0.15) is 25.5 Å². The number of pyridine rings is 1. The van der Waals surface area contributed by atoms with Crippen LogP contribution in [0.1, 0.15) is 36.0 Å². The van der Waals surface area contributed by atoms with Gasteiger partial charge < -0.3 is 14.7 Å². The van der Waals surface area contributed by atoms with Gasteiger partial charge in [-0.2, -0.15) is 0 Å². The third-order valence-corrected chi connectivity index (χ3v) is 5.72. The minimum absolute atomic E-state index is 0.889. The molecular formula is C22H31N4+. The van der Waals surface area contributed by atoms with E-state index in [4.69, 9.17) is 0 Å². The second kappa shape index (κ2) is 7.77. The Hall–Kier alpha value is -1.91. The van der Waals surface area contributed by atoms with Crippen LogP contribution < -0.4 is 10.2 Å². The first kappa shape index (κ1) is 17.5. The summed E-state index contributed by atoms with van der Waals surface area (Å²) in [5.41, 5.74) is 4.12. The summed E-state index contributed by atoms with van der Waals surface area (Å²) in [6.07, 6.45) is 5.89. The van der Waals surface area contributed by atoms with Crippen molar-refractivity contribution in [2.45, 2.75) is 38.9 Å². The lowest BCUT2D eigenvalue weighted by atomic mass is 10.1. The van der Waals surface area contributed by atoms with E-state index in [1.54, 1.807) is 0 Å². The number of nitrogens with one attached hydrogen (secondary N) is 1. The molecule has 2 fully saturated rings. The Morgan fingerprint density at radius 1 is 0.923 bits per heavy atom. The maximum Gasteiger partial charge on any atom is 0.129 e. The Labute approximate surface area is 157 Å². The second-order valence-electron chi connectivity index (χ2n) is 8.21. The van der Waals surface area contributed by atoms with E-state index in [1.807, 2.05) is 6.20 Å². The molecule has 0 bridgehead atoms. The summed E-state index contributed by atoms with van der Waals surface area (Å²) < 4.78 is 1.21. The molecule has 0 atom stereocenters. The van der Waals surface area contributed by atoms with Crippen LogP contribution in [0.15, 0.2) is 42.6 Å². The zero-order valence-electron chi connectivity index (χ0n) is 16.0. The third kappa shape index (κ3) is 4.63. The van der Waals surface area contributed by atoms with Gasteiger partial charge in [-0.15, -0.1) is 0 Å². The Bertz CT molecular complexity index is 715. The largest absolute Gasteiger partial charge is 0.357 e. The average molecular weight is 352 g/mol. The van der Waals surface area contributed by atoms with E-state index in [9.17, 15) is 0 Å². The van der Waals surface area contributed by atoms with Gasteiger partial charge in [0, 0.05) is 37.9 Å². The first-order chi connectivity index (χ1) is 12.7. The zero-order chi connectivity index (χ0) is 17.8. The van der Waals surface area contributed by atoms with Crippen LogP contribution in [-0.4, -0.2) is 42.7 Å². The Morgan fingerprint density at radius 3 is 2.35 bits per heavy atom. The molecule has 4 rings (SSSR count). The molecule has 2 aromatic rings. The van der Waals surface area contributed by atoms with Crippen molar-refractivity contribution < 1.29 is 4.48 Å². The van der Waals surface area contributed by atoms with Crippen LogP contribution >= 0.6 is 0 Å². The minimum Gasteiger partial charge on any atom is -0.357 e. The Morgan fingerprint density at radius 2 is 1.62 bits per heavy atom. The van der Waals surface area contributed by atoms with Crippen molar-refractivity contribution in [3.63, 3.8) is 0 Å². The number of hydrogen-bond acceptors (Lipinski definition) is 3. The Kier molecular flexibility index (Phi) is 5.23. The molecule has 2 saturated heterocycles. The fourth-order valence-electron chi connectivity index (χ4n) is 3.75. The lowest BCUT2D eigenvalue weighted by Gasteiger charge is -2.27. The monoisotopic (exact) mass is 351 g/mol. The van der Waals surface area contributed by atoms with E-state index < -0.39 is 0 Å². The van der Waals surface area contributed by atoms with Crippen LogP contribution in [0.25, 0.3) is 0 Å². The number of anilines is 1. The van der Waals surface area contributed by atoms with Crippen LogP contribution in [0.5, 0.6) is 0 Å². The van der Waals surface area contributed by atoms with E-state index in [1.165, 1.54) is 60.1 Å². The predicted molar refractivity (Wildman–Crippen MR) is 107 cm³/mol. The molecule has 138 valence electrons. The van der Waals surface area contributed by atoms with Crippen LogP contribution in [0, 0.1) is 0 Å². The molecule has 0 aliphatic carbocycles. The van der Waals surface area contributed by atoms with Crippen molar-refractivity contribution in [2.24, 2.45) is 0 Å². The topological polar surface area (TPSA) is 28.2 Å². The summed E-state index contributed by atoms with van der Waals surface area (Å²) >= 11 is 0. The Balaban J connectivity index is 1.27. The van der Waals surface area contributed by atoms with E-state index >= 15 is 0 Å². The van der Waals surface area contributed by atoms with Gasteiger partial charge in [-0.25, -0.2) is 4.98 Å². The standard InChI is InChI=1S/C22H31N4/c1-26(13-14-26)18-20-7-5-19(6-8-20)16-23-17-21-9-10-24-22(15-21)25-11-3-2-4-12-25/h5-10,15,23H,2-4,11-14,16-18H2,1H3/q+1. The zero-order valence-corrected chi connectivity index (χ0v) is 16.0. The second-order valence-corrected chi connectivity index (χ2v) is 8.21. The minimum atomic E-state index is 0.889. The number of rotatable bonds is 7. The highest BCUT2D eigenvalue weighted by Crippen LogP contribution is 2.22. The van der Waals surface area contributed by atoms with Gasteiger partial charge >= 0.3 is 0 Å². The van der Waals surface area contributed by atoms with E-state index in [-0.39, 0.29) is 0 Å². The molecule has 0 amide bonds. The molecule has 0 radical (unpaired) electrons. The molecule has 4 heteroatoms. The van der Waals surface area contributed by atoms with E-state index in [0.29, 0.717) is 0 Å². The maximum absolute atomic E-state index is 4.57. The van der Waals surface area contributed by atoms with Crippen LogP contribution in [-0.2, 0) is 19.6 Å². The van der Waals surface area contributed by atoms with Gasteiger partial charge in [-0.1, -0.05) is 24.3 Å². The summed E-state index contributed by atoms with van der Waals surface area (Å²) in [6.45, 7) is 7.92.